The number of nitrogens with zero attached hydrogens (tertiary/aromatic N) is 5. The van der Waals surface area contributed by atoms with Crippen molar-refractivity contribution in [3.63, 3.8) is 0 Å². The van der Waals surface area contributed by atoms with Gasteiger partial charge in [0.25, 0.3) is 0 Å². The number of hydrogen-bond acceptors (Lipinski definition) is 7. The molecule has 1 N–H and O–H groups in total. The Morgan fingerprint density at radius 3 is 2.57 bits per heavy atom. The SMILES string of the molecule is CCc1nsc(N2CCN(C(=NC)NCCS(=O)(=O)c3ccccc3F)CC2)n1.I. The predicted molar refractivity (Wildman–Crippen MR) is 128 cm³/mol. The molecule has 0 aliphatic carbocycles. The van der Waals surface area contributed by atoms with Crippen LogP contribution in [0.25, 0.3) is 0 Å². The van der Waals surface area contributed by atoms with Gasteiger partial charge in [-0.1, -0.05) is 19.1 Å². The lowest BCUT2D eigenvalue weighted by Gasteiger charge is -2.36. The number of halogens is 2. The highest BCUT2D eigenvalue weighted by Crippen LogP contribution is 2.19. The molecule has 0 spiro atoms. The first-order valence-electron chi connectivity index (χ1n) is 9.45. The Labute approximate surface area is 197 Å². The largest absolute Gasteiger partial charge is 0.355 e. The molecule has 1 aliphatic rings. The van der Waals surface area contributed by atoms with Crippen LogP contribution in [0.5, 0.6) is 0 Å². The van der Waals surface area contributed by atoms with Crippen molar-refractivity contribution in [2.24, 2.45) is 4.99 Å². The van der Waals surface area contributed by atoms with E-state index in [2.05, 4.69) is 29.5 Å². The Balaban J connectivity index is 0.00000320. The van der Waals surface area contributed by atoms with E-state index in [4.69, 9.17) is 0 Å². The molecule has 0 amide bonds. The molecule has 1 aliphatic heterocycles. The zero-order valence-electron chi connectivity index (χ0n) is 16.9. The van der Waals surface area contributed by atoms with Crippen molar-refractivity contribution in [2.75, 3.05) is 50.4 Å². The maximum Gasteiger partial charge on any atom is 0.205 e. The van der Waals surface area contributed by atoms with Crippen LogP contribution in [0.3, 0.4) is 0 Å². The summed E-state index contributed by atoms with van der Waals surface area (Å²) < 4.78 is 42.9. The van der Waals surface area contributed by atoms with Crippen molar-refractivity contribution in [2.45, 2.75) is 18.2 Å². The number of aliphatic imine (C=N–C) groups is 1. The minimum atomic E-state index is -3.70. The lowest BCUT2D eigenvalue weighted by molar-refractivity contribution is 0.373. The van der Waals surface area contributed by atoms with Crippen LogP contribution in [-0.4, -0.2) is 74.2 Å². The van der Waals surface area contributed by atoms with E-state index in [1.807, 2.05) is 6.92 Å². The average Bonchev–Trinajstić information content (AvgIpc) is 3.21. The molecule has 12 heteroatoms. The quantitative estimate of drug-likeness (QED) is 0.324. The molecule has 2 heterocycles. The lowest BCUT2D eigenvalue weighted by Crippen LogP contribution is -2.53. The Kier molecular flexibility index (Phi) is 9.22. The molecule has 3 rings (SSSR count). The normalized spacial score (nSPS) is 15.1. The molecule has 0 bridgehead atoms. The number of hydrogen-bond donors (Lipinski definition) is 1. The Bertz CT molecular complexity index is 961. The summed E-state index contributed by atoms with van der Waals surface area (Å²) in [5.41, 5.74) is 0. The van der Waals surface area contributed by atoms with Crippen molar-refractivity contribution in [3.8, 4) is 0 Å². The van der Waals surface area contributed by atoms with Gasteiger partial charge in [-0.25, -0.2) is 17.8 Å². The monoisotopic (exact) mass is 568 g/mol. The highest BCUT2D eigenvalue weighted by Gasteiger charge is 2.23. The lowest BCUT2D eigenvalue weighted by atomic mass is 10.3. The van der Waals surface area contributed by atoms with Crippen molar-refractivity contribution in [3.05, 3.63) is 35.9 Å². The third kappa shape index (κ3) is 6.00. The fourth-order valence-corrected chi connectivity index (χ4v) is 5.11. The van der Waals surface area contributed by atoms with Crippen molar-refractivity contribution < 1.29 is 12.8 Å². The number of rotatable bonds is 6. The van der Waals surface area contributed by atoms with Crippen LogP contribution >= 0.6 is 35.5 Å². The molecule has 0 radical (unpaired) electrons. The molecule has 0 atom stereocenters. The molecular formula is C18H26FIN6O2S2. The summed E-state index contributed by atoms with van der Waals surface area (Å²) in [5, 5.41) is 4.01. The highest BCUT2D eigenvalue weighted by atomic mass is 127. The smallest absolute Gasteiger partial charge is 0.205 e. The number of aromatic nitrogens is 2. The van der Waals surface area contributed by atoms with Crippen LogP contribution in [-0.2, 0) is 16.3 Å². The van der Waals surface area contributed by atoms with Crippen LogP contribution in [0.2, 0.25) is 0 Å². The third-order valence-electron chi connectivity index (χ3n) is 4.66. The van der Waals surface area contributed by atoms with Gasteiger partial charge >= 0.3 is 0 Å². The van der Waals surface area contributed by atoms with E-state index in [1.165, 1.54) is 29.7 Å². The van der Waals surface area contributed by atoms with E-state index in [0.717, 1.165) is 49.6 Å². The predicted octanol–water partition coefficient (Wildman–Crippen LogP) is 2.03. The van der Waals surface area contributed by atoms with Crippen LogP contribution in [0.1, 0.15) is 12.7 Å². The number of aryl methyl sites for hydroxylation is 1. The maximum absolute atomic E-state index is 13.8. The van der Waals surface area contributed by atoms with Gasteiger partial charge in [0.05, 0.1) is 5.75 Å². The van der Waals surface area contributed by atoms with Crippen LogP contribution in [0, 0.1) is 5.82 Å². The molecule has 1 aromatic heterocycles. The molecule has 166 valence electrons. The van der Waals surface area contributed by atoms with E-state index >= 15 is 0 Å². The minimum absolute atomic E-state index is 0. The first kappa shape index (κ1) is 24.7. The van der Waals surface area contributed by atoms with Crippen LogP contribution < -0.4 is 10.2 Å². The van der Waals surface area contributed by atoms with Crippen molar-refractivity contribution >= 4 is 56.4 Å². The average molecular weight is 568 g/mol. The molecule has 1 fully saturated rings. The number of benzene rings is 1. The summed E-state index contributed by atoms with van der Waals surface area (Å²) in [7, 11) is -2.04. The third-order valence-corrected chi connectivity index (χ3v) is 7.22. The first-order chi connectivity index (χ1) is 13.9. The van der Waals surface area contributed by atoms with Gasteiger partial charge in [0.2, 0.25) is 5.13 Å². The fourth-order valence-electron chi connectivity index (χ4n) is 3.06. The standard InChI is InChI=1S/C18H25FN6O2S2.HI/c1-3-16-22-18(28-23-16)25-11-9-24(10-12-25)17(20-2)21-8-13-29(26,27)15-7-5-4-6-14(15)19;/h4-7H,3,8-13H2,1-2H3,(H,20,21);1H. The summed E-state index contributed by atoms with van der Waals surface area (Å²) >= 11 is 1.41. The summed E-state index contributed by atoms with van der Waals surface area (Å²) in [6.45, 7) is 5.23. The van der Waals surface area contributed by atoms with E-state index in [9.17, 15) is 12.8 Å². The van der Waals surface area contributed by atoms with Gasteiger partial charge in [0.1, 0.15) is 16.5 Å². The minimum Gasteiger partial charge on any atom is -0.355 e. The van der Waals surface area contributed by atoms with Crippen molar-refractivity contribution in [1.29, 1.82) is 0 Å². The van der Waals surface area contributed by atoms with Crippen molar-refractivity contribution in [1.82, 2.24) is 19.6 Å². The second kappa shape index (κ2) is 11.2. The van der Waals surface area contributed by atoms with Gasteiger partial charge in [-0.2, -0.15) is 4.37 Å². The van der Waals surface area contributed by atoms with Gasteiger partial charge < -0.3 is 15.1 Å². The number of nitrogens with one attached hydrogen (secondary N) is 1. The van der Waals surface area contributed by atoms with E-state index < -0.39 is 15.7 Å². The summed E-state index contributed by atoms with van der Waals surface area (Å²) in [6.07, 6.45) is 0.822. The van der Waals surface area contributed by atoms with E-state index in [-0.39, 0.29) is 41.2 Å². The van der Waals surface area contributed by atoms with Crippen LogP contribution in [0.15, 0.2) is 34.2 Å². The van der Waals surface area contributed by atoms with Crippen LogP contribution in [0.4, 0.5) is 9.52 Å². The van der Waals surface area contributed by atoms with Gasteiger partial charge in [-0.05, 0) is 12.1 Å². The Morgan fingerprint density at radius 2 is 1.97 bits per heavy atom. The second-order valence-corrected chi connectivity index (χ2v) is 9.35. The van der Waals surface area contributed by atoms with E-state index in [1.54, 1.807) is 7.05 Å². The first-order valence-corrected chi connectivity index (χ1v) is 11.9. The molecule has 8 nitrogen and oxygen atoms in total. The molecule has 30 heavy (non-hydrogen) atoms. The van der Waals surface area contributed by atoms with Gasteiger partial charge in [-0.15, -0.1) is 24.0 Å². The second-order valence-electron chi connectivity index (χ2n) is 6.54. The van der Waals surface area contributed by atoms with Gasteiger partial charge in [0, 0.05) is 57.7 Å². The van der Waals surface area contributed by atoms with Gasteiger partial charge in [-0.3, -0.25) is 4.99 Å². The number of anilines is 1. The number of piperazine rings is 1. The molecule has 0 unspecified atom stereocenters. The summed E-state index contributed by atoms with van der Waals surface area (Å²) in [4.78, 5) is 12.8. The molecule has 2 aromatic rings. The topological polar surface area (TPSA) is 90.8 Å². The number of sulfone groups is 1. The molecular weight excluding hydrogens is 542 g/mol. The fraction of sp³-hybridized carbons (Fsp3) is 0.500. The Hall–Kier alpha value is -1.54. The summed E-state index contributed by atoms with van der Waals surface area (Å²) in [5.74, 6) is 0.564. The maximum atomic E-state index is 13.8. The molecule has 0 saturated carbocycles. The molecule has 1 aromatic carbocycles. The Morgan fingerprint density at radius 1 is 1.27 bits per heavy atom. The zero-order chi connectivity index (χ0) is 20.9. The van der Waals surface area contributed by atoms with E-state index in [0.29, 0.717) is 5.96 Å². The zero-order valence-corrected chi connectivity index (χ0v) is 20.9. The number of guanidine groups is 1. The van der Waals surface area contributed by atoms with Gasteiger partial charge in [0.15, 0.2) is 15.8 Å². The highest BCUT2D eigenvalue weighted by molar-refractivity contribution is 14.0. The summed E-state index contributed by atoms with van der Waals surface area (Å²) in [6, 6.07) is 5.43. The molecule has 1 saturated heterocycles.